The van der Waals surface area contributed by atoms with Gasteiger partial charge in [-0.25, -0.2) is 4.79 Å². The summed E-state index contributed by atoms with van der Waals surface area (Å²) in [6.45, 7) is 8.55. The zero-order valence-corrected chi connectivity index (χ0v) is 24.5. The number of amides is 3. The molecule has 8 heteroatoms. The van der Waals surface area contributed by atoms with Crippen molar-refractivity contribution in [3.63, 3.8) is 0 Å². The first kappa shape index (κ1) is 27.4. The molecule has 3 aliphatic heterocycles. The average Bonchev–Trinajstić information content (AvgIpc) is 3.04. The topological polar surface area (TPSA) is 62.3 Å². The summed E-state index contributed by atoms with van der Waals surface area (Å²) >= 11 is 4.57. The number of nitrogens with zero attached hydrogens (tertiary/aromatic N) is 3. The molecule has 2 saturated heterocycles. The smallest absolute Gasteiger partial charge is 0.325 e. The van der Waals surface area contributed by atoms with Gasteiger partial charge in [-0.15, -0.1) is 12.6 Å². The molecule has 0 bridgehead atoms. The van der Waals surface area contributed by atoms with Gasteiger partial charge in [0.1, 0.15) is 11.5 Å². The van der Waals surface area contributed by atoms with E-state index >= 15 is 0 Å². The molecule has 2 fully saturated rings. The maximum Gasteiger partial charge on any atom is 0.325 e. The number of hydrogen-bond donors (Lipinski definition) is 1. The molecule has 2 aromatic carbocycles. The first-order chi connectivity index (χ1) is 18.7. The third-order valence-electron chi connectivity index (χ3n) is 8.75. The number of thiol groups is 1. The van der Waals surface area contributed by atoms with Gasteiger partial charge in [0.2, 0.25) is 5.91 Å². The Morgan fingerprint density at radius 2 is 1.87 bits per heavy atom. The molecule has 2 unspecified atom stereocenters. The van der Waals surface area contributed by atoms with Crippen LogP contribution in [0.5, 0.6) is 11.5 Å². The molecule has 0 radical (unpaired) electrons. The summed E-state index contributed by atoms with van der Waals surface area (Å²) in [5.74, 6) is 1.59. The Balaban J connectivity index is 1.40. The zero-order chi connectivity index (χ0) is 27.9. The first-order valence-corrected chi connectivity index (χ1v) is 14.3. The first-order valence-electron chi connectivity index (χ1n) is 13.9. The molecular formula is C31H39N3O4S. The summed E-state index contributed by atoms with van der Waals surface area (Å²) in [5, 5.41) is 0. The van der Waals surface area contributed by atoms with Crippen molar-refractivity contribution in [3.05, 3.63) is 64.9 Å². The predicted molar refractivity (Wildman–Crippen MR) is 154 cm³/mol. The van der Waals surface area contributed by atoms with Crippen molar-refractivity contribution in [3.8, 4) is 11.5 Å². The van der Waals surface area contributed by atoms with Crippen molar-refractivity contribution < 1.29 is 19.1 Å². The van der Waals surface area contributed by atoms with E-state index in [1.165, 1.54) is 0 Å². The minimum Gasteiger partial charge on any atom is -0.497 e. The van der Waals surface area contributed by atoms with Gasteiger partial charge in [-0.3, -0.25) is 9.69 Å². The number of likely N-dealkylation sites (N-methyl/N-ethyl adjacent to an activating group) is 1. The summed E-state index contributed by atoms with van der Waals surface area (Å²) in [6.07, 6.45) is 4.36. The molecule has 0 saturated carbocycles. The highest BCUT2D eigenvalue weighted by Crippen LogP contribution is 2.49. The maximum atomic E-state index is 13.8. The van der Waals surface area contributed by atoms with Crippen molar-refractivity contribution >= 4 is 24.6 Å². The Labute approximate surface area is 237 Å². The Morgan fingerprint density at radius 1 is 1.15 bits per heavy atom. The number of fused-ring (bicyclic) bond motifs is 3. The van der Waals surface area contributed by atoms with Crippen molar-refractivity contribution in [2.24, 2.45) is 5.92 Å². The predicted octanol–water partition coefficient (Wildman–Crippen LogP) is 5.49. The highest BCUT2D eigenvalue weighted by Gasteiger charge is 2.55. The van der Waals surface area contributed by atoms with Crippen LogP contribution in [-0.2, 0) is 17.8 Å². The number of ether oxygens (including phenoxy) is 2. The summed E-state index contributed by atoms with van der Waals surface area (Å²) in [7, 11) is 3.32. The van der Waals surface area contributed by atoms with E-state index in [1.54, 1.807) is 14.2 Å². The number of urea groups is 1. The summed E-state index contributed by atoms with van der Waals surface area (Å²) in [4.78, 5) is 34.2. The molecule has 208 valence electrons. The summed E-state index contributed by atoms with van der Waals surface area (Å²) in [6, 6.07) is 11.9. The number of likely N-dealkylation sites (tertiary alicyclic amines) is 1. The van der Waals surface area contributed by atoms with Crippen molar-refractivity contribution in [2.45, 2.75) is 62.9 Å². The number of carbonyl (C=O) groups is 2. The number of carbonyl (C=O) groups excluding carboxylic acids is 2. The second-order valence-electron chi connectivity index (χ2n) is 10.9. The fraction of sp³-hybridized carbons (Fsp3) is 0.484. The van der Waals surface area contributed by atoms with E-state index in [9.17, 15) is 9.59 Å². The van der Waals surface area contributed by atoms with Gasteiger partial charge in [0.25, 0.3) is 0 Å². The van der Waals surface area contributed by atoms with Gasteiger partial charge >= 0.3 is 6.03 Å². The molecule has 7 nitrogen and oxygen atoms in total. The molecule has 5 rings (SSSR count). The minimum atomic E-state index is -0.419. The van der Waals surface area contributed by atoms with E-state index < -0.39 is 5.54 Å². The molecule has 0 aromatic heterocycles. The number of hydrogen-bond acceptors (Lipinski definition) is 5. The van der Waals surface area contributed by atoms with Gasteiger partial charge in [-0.05, 0) is 49.4 Å². The second kappa shape index (κ2) is 10.8. The highest BCUT2D eigenvalue weighted by atomic mass is 32.1. The molecule has 3 heterocycles. The standard InChI is InChI=1S/C31H39N3O4S/c1-6-34-30(36)33-19-23-17-24(37-4)18-25(38-5)28(23)20(2)16-27(33)31(34)11-13-32(14-12-31)29(35)21(3)15-22-9-7-8-10-26(22)39/h7-10,16-18,20-21,39H,6,11-15,19H2,1-5H3. The molecular weight excluding hydrogens is 510 g/mol. The number of allylic oxidation sites excluding steroid dienone is 1. The molecule has 3 amide bonds. The van der Waals surface area contributed by atoms with Crippen LogP contribution in [0.2, 0.25) is 0 Å². The van der Waals surface area contributed by atoms with Gasteiger partial charge in [0.15, 0.2) is 0 Å². The van der Waals surface area contributed by atoms with Crippen LogP contribution >= 0.6 is 12.6 Å². The van der Waals surface area contributed by atoms with E-state index in [4.69, 9.17) is 9.47 Å². The Morgan fingerprint density at radius 3 is 2.51 bits per heavy atom. The monoisotopic (exact) mass is 549 g/mol. The van der Waals surface area contributed by atoms with Crippen molar-refractivity contribution in [1.82, 2.24) is 14.7 Å². The minimum absolute atomic E-state index is 0.0316. The molecule has 2 aromatic rings. The van der Waals surface area contributed by atoms with E-state index in [1.807, 2.05) is 64.9 Å². The van der Waals surface area contributed by atoms with Crippen LogP contribution in [0, 0.1) is 5.92 Å². The van der Waals surface area contributed by atoms with E-state index in [2.05, 4.69) is 25.6 Å². The van der Waals surface area contributed by atoms with Gasteiger partial charge in [-0.2, -0.15) is 0 Å². The van der Waals surface area contributed by atoms with Crippen LogP contribution in [0.15, 0.2) is 53.1 Å². The lowest BCUT2D eigenvalue weighted by Gasteiger charge is -2.45. The maximum absolute atomic E-state index is 13.8. The lowest BCUT2D eigenvalue weighted by Crippen LogP contribution is -2.55. The van der Waals surface area contributed by atoms with Gasteiger partial charge in [-0.1, -0.05) is 38.1 Å². The number of methoxy groups -OCH3 is 2. The fourth-order valence-corrected chi connectivity index (χ4v) is 7.03. The van der Waals surface area contributed by atoms with Crippen LogP contribution in [0.1, 0.15) is 56.2 Å². The number of rotatable bonds is 6. The summed E-state index contributed by atoms with van der Waals surface area (Å²) in [5.41, 5.74) is 3.86. The molecule has 39 heavy (non-hydrogen) atoms. The van der Waals surface area contributed by atoms with Crippen molar-refractivity contribution in [1.29, 1.82) is 0 Å². The largest absolute Gasteiger partial charge is 0.497 e. The van der Waals surface area contributed by atoms with Gasteiger partial charge < -0.3 is 19.3 Å². The van der Waals surface area contributed by atoms with Gasteiger partial charge in [0.05, 0.1) is 26.3 Å². The molecule has 0 N–H and O–H groups in total. The lowest BCUT2D eigenvalue weighted by molar-refractivity contribution is -0.137. The SMILES string of the molecule is CCN1C(=O)N2Cc3cc(OC)cc(OC)c3C(C)C=C2C12CCN(C(=O)C(C)Cc1ccccc1S)CC2. The van der Waals surface area contributed by atoms with Crippen LogP contribution in [0.4, 0.5) is 4.79 Å². The second-order valence-corrected chi connectivity index (χ2v) is 11.4. The quantitative estimate of drug-likeness (QED) is 0.484. The normalized spacial score (nSPS) is 20.8. The molecule has 3 aliphatic rings. The highest BCUT2D eigenvalue weighted by molar-refractivity contribution is 7.80. The van der Waals surface area contributed by atoms with Crippen LogP contribution in [-0.4, -0.2) is 66.0 Å². The fourth-order valence-electron chi connectivity index (χ4n) is 6.77. The molecule has 2 atom stereocenters. The summed E-state index contributed by atoms with van der Waals surface area (Å²) < 4.78 is 11.3. The molecule has 1 spiro atoms. The van der Waals surface area contributed by atoms with E-state index in [0.29, 0.717) is 32.6 Å². The van der Waals surface area contributed by atoms with Crippen LogP contribution < -0.4 is 9.47 Å². The van der Waals surface area contributed by atoms with E-state index in [-0.39, 0.29) is 23.8 Å². The van der Waals surface area contributed by atoms with Crippen LogP contribution in [0.3, 0.4) is 0 Å². The van der Waals surface area contributed by atoms with Gasteiger partial charge in [0, 0.05) is 53.7 Å². The average molecular weight is 550 g/mol. The van der Waals surface area contributed by atoms with Crippen LogP contribution in [0.25, 0.3) is 0 Å². The third-order valence-corrected chi connectivity index (χ3v) is 9.19. The lowest BCUT2D eigenvalue weighted by atomic mass is 9.81. The molecule has 0 aliphatic carbocycles. The van der Waals surface area contributed by atoms with E-state index in [0.717, 1.165) is 51.6 Å². The third kappa shape index (κ3) is 4.66. The Kier molecular flexibility index (Phi) is 7.60. The number of piperidine rings is 1. The zero-order valence-electron chi connectivity index (χ0n) is 23.6. The number of benzene rings is 2. The van der Waals surface area contributed by atoms with Crippen molar-refractivity contribution in [2.75, 3.05) is 33.9 Å². The Hall–Kier alpha value is -3.13. The Bertz CT molecular complexity index is 1300.